The number of ether oxygens (including phenoxy) is 1. The van der Waals surface area contributed by atoms with Crippen LogP contribution in [0.2, 0.25) is 0 Å². The monoisotopic (exact) mass is 527 g/mol. The van der Waals surface area contributed by atoms with E-state index in [9.17, 15) is 0 Å². The first-order chi connectivity index (χ1) is 19.0. The Bertz CT molecular complexity index is 1390. The van der Waals surface area contributed by atoms with Crippen LogP contribution in [0.4, 0.5) is 5.69 Å². The highest BCUT2D eigenvalue weighted by Gasteiger charge is 2.26. The predicted molar refractivity (Wildman–Crippen MR) is 163 cm³/mol. The zero-order chi connectivity index (χ0) is 27.9. The molecule has 0 saturated heterocycles. The van der Waals surface area contributed by atoms with Crippen molar-refractivity contribution in [3.05, 3.63) is 65.4 Å². The molecule has 1 saturated carbocycles. The molecule has 0 amide bonds. The van der Waals surface area contributed by atoms with Gasteiger partial charge in [-0.2, -0.15) is 0 Å². The van der Waals surface area contributed by atoms with Crippen molar-refractivity contribution >= 4 is 16.7 Å². The van der Waals surface area contributed by atoms with E-state index in [1.54, 1.807) is 13.3 Å². The SMILES string of the molecule is CCC.CCc1c(C)c2nc(-c3cccnc3C3CCC3)cc(NCc3cncc(OC)c3)c2n1C(C)CC. The zero-order valence-electron chi connectivity index (χ0n) is 24.8. The van der Waals surface area contributed by atoms with Crippen molar-refractivity contribution in [2.24, 2.45) is 0 Å². The van der Waals surface area contributed by atoms with Crippen LogP contribution in [0.5, 0.6) is 5.75 Å². The van der Waals surface area contributed by atoms with Gasteiger partial charge in [-0.25, -0.2) is 4.98 Å². The van der Waals surface area contributed by atoms with Crippen LogP contribution in [-0.4, -0.2) is 26.6 Å². The second-order valence-corrected chi connectivity index (χ2v) is 10.7. The molecule has 6 nitrogen and oxygen atoms in total. The molecular weight excluding hydrogens is 482 g/mol. The Labute approximate surface area is 234 Å². The smallest absolute Gasteiger partial charge is 0.137 e. The molecule has 1 unspecified atom stereocenters. The Hall–Kier alpha value is -3.41. The molecule has 4 heterocycles. The molecule has 0 bridgehead atoms. The number of aryl methyl sites for hydroxylation is 1. The van der Waals surface area contributed by atoms with Crippen LogP contribution in [0.15, 0.2) is 42.9 Å². The first-order valence-corrected chi connectivity index (χ1v) is 14.7. The Balaban J connectivity index is 0.00000112. The third-order valence-electron chi connectivity index (χ3n) is 7.77. The predicted octanol–water partition coefficient (Wildman–Crippen LogP) is 8.64. The molecule has 0 aromatic carbocycles. The van der Waals surface area contributed by atoms with Crippen molar-refractivity contribution in [1.82, 2.24) is 19.5 Å². The van der Waals surface area contributed by atoms with E-state index in [4.69, 9.17) is 14.7 Å². The summed E-state index contributed by atoms with van der Waals surface area (Å²) in [4.78, 5) is 14.5. The number of aromatic nitrogens is 4. The maximum atomic E-state index is 5.39. The van der Waals surface area contributed by atoms with Gasteiger partial charge in [0.05, 0.1) is 41.4 Å². The fraction of sp³-hybridized carbons (Fsp3) is 0.485. The van der Waals surface area contributed by atoms with Crippen LogP contribution < -0.4 is 10.1 Å². The number of hydrogen-bond donors (Lipinski definition) is 1. The van der Waals surface area contributed by atoms with E-state index in [2.05, 4.69) is 68.5 Å². The number of nitrogens with one attached hydrogen (secondary N) is 1. The highest BCUT2D eigenvalue weighted by atomic mass is 16.5. The number of anilines is 1. The number of pyridine rings is 3. The Morgan fingerprint density at radius 3 is 2.54 bits per heavy atom. The van der Waals surface area contributed by atoms with E-state index in [1.807, 2.05) is 24.5 Å². The van der Waals surface area contributed by atoms with Gasteiger partial charge < -0.3 is 14.6 Å². The summed E-state index contributed by atoms with van der Waals surface area (Å²) in [6.07, 6.45) is 12.5. The van der Waals surface area contributed by atoms with E-state index < -0.39 is 0 Å². The second kappa shape index (κ2) is 13.1. The number of fused-ring (bicyclic) bond motifs is 1. The average molecular weight is 528 g/mol. The van der Waals surface area contributed by atoms with Crippen molar-refractivity contribution in [3.63, 3.8) is 0 Å². The molecule has 39 heavy (non-hydrogen) atoms. The van der Waals surface area contributed by atoms with Gasteiger partial charge in [0.2, 0.25) is 0 Å². The maximum Gasteiger partial charge on any atom is 0.137 e. The highest BCUT2D eigenvalue weighted by molar-refractivity contribution is 5.95. The summed E-state index contributed by atoms with van der Waals surface area (Å²) in [5.41, 5.74) is 10.4. The molecule has 0 radical (unpaired) electrons. The molecule has 0 aliphatic heterocycles. The van der Waals surface area contributed by atoms with Gasteiger partial charge in [-0.05, 0) is 74.9 Å². The summed E-state index contributed by atoms with van der Waals surface area (Å²) >= 11 is 0. The van der Waals surface area contributed by atoms with Crippen LogP contribution in [-0.2, 0) is 13.0 Å². The normalized spacial score (nSPS) is 13.9. The van der Waals surface area contributed by atoms with Gasteiger partial charge in [-0.15, -0.1) is 0 Å². The number of nitrogens with zero attached hydrogens (tertiary/aromatic N) is 4. The topological polar surface area (TPSA) is 64.9 Å². The molecular formula is C33H45N5O. The Morgan fingerprint density at radius 1 is 1.13 bits per heavy atom. The minimum absolute atomic E-state index is 0.381. The molecule has 1 fully saturated rings. The van der Waals surface area contributed by atoms with Crippen LogP contribution >= 0.6 is 0 Å². The standard InChI is InChI=1S/C30H37N5O.C3H8/c1-6-19(3)35-27(7-2)20(4)28-30(35)26(33-17-21-14-23(36-5)18-31-16-21)15-25(34-28)24-12-9-13-32-29(24)22-10-8-11-22;1-3-2/h9,12-16,18-19,22H,6-8,10-11,17H2,1-5H3,(H,33,34);3H2,1-2H3. The molecule has 4 aromatic heterocycles. The number of hydrogen-bond acceptors (Lipinski definition) is 5. The first kappa shape index (κ1) is 28.6. The third-order valence-corrected chi connectivity index (χ3v) is 7.77. The summed E-state index contributed by atoms with van der Waals surface area (Å²) < 4.78 is 7.90. The van der Waals surface area contributed by atoms with Gasteiger partial charge in [-0.3, -0.25) is 9.97 Å². The lowest BCUT2D eigenvalue weighted by Gasteiger charge is -2.26. The molecule has 4 aromatic rings. The van der Waals surface area contributed by atoms with Crippen molar-refractivity contribution < 1.29 is 4.74 Å². The lowest BCUT2D eigenvalue weighted by Crippen LogP contribution is -2.12. The molecule has 1 aliphatic rings. The van der Waals surface area contributed by atoms with E-state index in [-0.39, 0.29) is 0 Å². The van der Waals surface area contributed by atoms with Gasteiger partial charge >= 0.3 is 0 Å². The molecule has 6 heteroatoms. The van der Waals surface area contributed by atoms with Gasteiger partial charge in [0.1, 0.15) is 5.75 Å². The first-order valence-electron chi connectivity index (χ1n) is 14.7. The Morgan fingerprint density at radius 2 is 1.90 bits per heavy atom. The van der Waals surface area contributed by atoms with Crippen molar-refractivity contribution in [2.45, 2.75) is 98.6 Å². The minimum atomic E-state index is 0.381. The van der Waals surface area contributed by atoms with E-state index in [0.29, 0.717) is 18.5 Å². The second-order valence-electron chi connectivity index (χ2n) is 10.7. The fourth-order valence-corrected chi connectivity index (χ4v) is 5.38. The largest absolute Gasteiger partial charge is 0.495 e. The average Bonchev–Trinajstić information content (AvgIpc) is 3.22. The fourth-order valence-electron chi connectivity index (χ4n) is 5.38. The van der Waals surface area contributed by atoms with E-state index in [0.717, 1.165) is 46.6 Å². The van der Waals surface area contributed by atoms with E-state index in [1.165, 1.54) is 48.2 Å². The maximum absolute atomic E-state index is 5.39. The van der Waals surface area contributed by atoms with Crippen molar-refractivity contribution in [1.29, 1.82) is 0 Å². The number of methoxy groups -OCH3 is 1. The molecule has 1 atom stereocenters. The van der Waals surface area contributed by atoms with Crippen LogP contribution in [0, 0.1) is 6.92 Å². The summed E-state index contributed by atoms with van der Waals surface area (Å²) in [5.74, 6) is 1.30. The molecule has 1 aliphatic carbocycles. The van der Waals surface area contributed by atoms with Crippen molar-refractivity contribution in [2.75, 3.05) is 12.4 Å². The molecule has 208 valence electrons. The summed E-state index contributed by atoms with van der Waals surface area (Å²) in [6, 6.07) is 8.87. The molecule has 0 spiro atoms. The van der Waals surface area contributed by atoms with Gasteiger partial charge in [0.25, 0.3) is 0 Å². The van der Waals surface area contributed by atoms with Crippen LogP contribution in [0.1, 0.15) is 101 Å². The third kappa shape index (κ3) is 5.95. The summed E-state index contributed by atoms with van der Waals surface area (Å²) in [5, 5.41) is 3.75. The minimum Gasteiger partial charge on any atom is -0.495 e. The Kier molecular flexibility index (Phi) is 9.60. The quantitative estimate of drug-likeness (QED) is 0.236. The zero-order valence-corrected chi connectivity index (χ0v) is 24.8. The van der Waals surface area contributed by atoms with Crippen molar-refractivity contribution in [3.8, 4) is 17.0 Å². The molecule has 1 N–H and O–H groups in total. The van der Waals surface area contributed by atoms with Gasteiger partial charge in [0, 0.05) is 42.2 Å². The van der Waals surface area contributed by atoms with Gasteiger partial charge in [0.15, 0.2) is 0 Å². The van der Waals surface area contributed by atoms with Crippen LogP contribution in [0.25, 0.3) is 22.3 Å². The number of rotatable bonds is 9. The summed E-state index contributed by atoms with van der Waals surface area (Å²) in [7, 11) is 1.68. The van der Waals surface area contributed by atoms with Crippen LogP contribution in [0.3, 0.4) is 0 Å². The lowest BCUT2D eigenvalue weighted by atomic mass is 9.80. The highest BCUT2D eigenvalue weighted by Crippen LogP contribution is 2.42. The summed E-state index contributed by atoms with van der Waals surface area (Å²) in [6.45, 7) is 13.9. The van der Waals surface area contributed by atoms with E-state index >= 15 is 0 Å². The molecule has 5 rings (SSSR count). The lowest BCUT2D eigenvalue weighted by molar-refractivity contribution is 0.412. The van der Waals surface area contributed by atoms with Gasteiger partial charge in [-0.1, -0.05) is 40.5 Å².